The van der Waals surface area contributed by atoms with E-state index in [1.807, 2.05) is 11.3 Å². The van der Waals surface area contributed by atoms with Crippen LogP contribution < -0.4 is 10.2 Å². The van der Waals surface area contributed by atoms with Crippen LogP contribution in [0.1, 0.15) is 0 Å². The van der Waals surface area contributed by atoms with Crippen molar-refractivity contribution in [1.29, 1.82) is 0 Å². The number of anilines is 4. The SMILES string of the molecule is C1=CC=CC(N(c2ccc(-c3cc4c5c(cccc5c3)Nc3c-4ccc4ccccc34)cc2)c2ccc3sc4ccccc4c3c2)C=C1. The fourth-order valence-electron chi connectivity index (χ4n) is 7.57. The van der Waals surface area contributed by atoms with Crippen molar-refractivity contribution in [1.82, 2.24) is 0 Å². The Hall–Kier alpha value is -5.90. The van der Waals surface area contributed by atoms with Gasteiger partial charge in [0.2, 0.25) is 0 Å². The predicted octanol–water partition coefficient (Wildman–Crippen LogP) is 12.9. The third-order valence-corrected chi connectivity index (χ3v) is 11.0. The van der Waals surface area contributed by atoms with E-state index in [9.17, 15) is 0 Å². The molecule has 2 heterocycles. The first kappa shape index (κ1) is 27.2. The highest BCUT2D eigenvalue weighted by atomic mass is 32.1. The van der Waals surface area contributed by atoms with Gasteiger partial charge in [-0.1, -0.05) is 115 Å². The van der Waals surface area contributed by atoms with Gasteiger partial charge in [-0.25, -0.2) is 0 Å². The van der Waals surface area contributed by atoms with Crippen LogP contribution in [-0.4, -0.2) is 6.04 Å². The molecule has 0 radical (unpaired) electrons. The summed E-state index contributed by atoms with van der Waals surface area (Å²) in [7, 11) is 0. The number of rotatable bonds is 4. The van der Waals surface area contributed by atoms with Crippen LogP contribution in [0.25, 0.3) is 64.0 Å². The van der Waals surface area contributed by atoms with E-state index in [4.69, 9.17) is 0 Å². The zero-order valence-electron chi connectivity index (χ0n) is 26.1. The van der Waals surface area contributed by atoms with Gasteiger partial charge in [0, 0.05) is 53.6 Å². The summed E-state index contributed by atoms with van der Waals surface area (Å²) in [4.78, 5) is 2.44. The van der Waals surface area contributed by atoms with Crippen molar-refractivity contribution in [3.63, 3.8) is 0 Å². The maximum absolute atomic E-state index is 3.78. The molecule has 0 saturated carbocycles. The molecular formula is C45H30N2S. The van der Waals surface area contributed by atoms with Crippen molar-refractivity contribution >= 4 is 75.8 Å². The maximum Gasteiger partial charge on any atom is 0.0712 e. The highest BCUT2D eigenvalue weighted by molar-refractivity contribution is 7.25. The molecule has 1 N–H and O–H groups in total. The Balaban J connectivity index is 1.10. The van der Waals surface area contributed by atoms with E-state index in [0.717, 1.165) is 5.69 Å². The van der Waals surface area contributed by atoms with Gasteiger partial charge in [-0.05, 0) is 82.1 Å². The topological polar surface area (TPSA) is 15.3 Å². The number of benzene rings is 7. The number of nitrogens with one attached hydrogen (secondary N) is 1. The maximum atomic E-state index is 3.78. The molecule has 0 unspecified atom stereocenters. The molecule has 0 spiro atoms. The zero-order chi connectivity index (χ0) is 31.6. The standard InChI is InChI=1S/C45H30N2S/c1-2-4-13-33(12-3-1)47(35-23-25-43-39(28-35)37-15-7-8-17-42(37)48-43)34-21-18-29(19-22-34)32-26-31-11-9-16-41-44(31)40(27-32)38-24-20-30-10-5-6-14-36(30)45(38)46-41/h1-28,33,46H. The second kappa shape index (κ2) is 10.8. The van der Waals surface area contributed by atoms with Crippen molar-refractivity contribution in [2.75, 3.05) is 10.2 Å². The molecule has 0 bridgehead atoms. The summed E-state index contributed by atoms with van der Waals surface area (Å²) in [6.45, 7) is 0. The van der Waals surface area contributed by atoms with Gasteiger partial charge >= 0.3 is 0 Å². The molecule has 0 amide bonds. The van der Waals surface area contributed by atoms with E-state index in [1.54, 1.807) is 0 Å². The molecule has 0 atom stereocenters. The normalized spacial score (nSPS) is 13.7. The van der Waals surface area contributed by atoms with E-state index in [2.05, 4.69) is 180 Å². The van der Waals surface area contributed by atoms with Gasteiger partial charge in [-0.3, -0.25) is 0 Å². The van der Waals surface area contributed by atoms with Gasteiger partial charge < -0.3 is 10.2 Å². The van der Waals surface area contributed by atoms with Gasteiger partial charge in [0.15, 0.2) is 0 Å². The fraction of sp³-hybridized carbons (Fsp3) is 0.0222. The van der Waals surface area contributed by atoms with Crippen molar-refractivity contribution in [2.24, 2.45) is 0 Å². The summed E-state index contributed by atoms with van der Waals surface area (Å²) in [6.07, 6.45) is 13.0. The minimum atomic E-state index is 0.0792. The minimum absolute atomic E-state index is 0.0792. The molecule has 3 heteroatoms. The molecule has 8 aromatic rings. The lowest BCUT2D eigenvalue weighted by molar-refractivity contribution is 0.945. The first-order valence-electron chi connectivity index (χ1n) is 16.5. The van der Waals surface area contributed by atoms with E-state index in [0.29, 0.717) is 0 Å². The summed E-state index contributed by atoms with van der Waals surface area (Å²) in [5, 5.41) is 11.4. The summed E-state index contributed by atoms with van der Waals surface area (Å²) in [6, 6.07) is 49.3. The summed E-state index contributed by atoms with van der Waals surface area (Å²) in [5.41, 5.74) is 9.64. The monoisotopic (exact) mass is 630 g/mol. The van der Waals surface area contributed by atoms with Crippen LogP contribution in [0.3, 0.4) is 0 Å². The number of nitrogens with zero attached hydrogens (tertiary/aromatic N) is 1. The summed E-state index contributed by atoms with van der Waals surface area (Å²) in [5.74, 6) is 0. The van der Waals surface area contributed by atoms with Crippen LogP contribution in [0, 0.1) is 0 Å². The van der Waals surface area contributed by atoms with Gasteiger partial charge in [0.25, 0.3) is 0 Å². The van der Waals surface area contributed by atoms with Crippen molar-refractivity contribution in [3.05, 3.63) is 170 Å². The molecule has 48 heavy (non-hydrogen) atoms. The second-order valence-electron chi connectivity index (χ2n) is 12.6. The average Bonchev–Trinajstić information content (AvgIpc) is 3.29. The molecular weight excluding hydrogens is 601 g/mol. The third-order valence-electron chi connectivity index (χ3n) is 9.82. The van der Waals surface area contributed by atoms with Crippen molar-refractivity contribution in [2.45, 2.75) is 6.04 Å². The van der Waals surface area contributed by atoms with Crippen molar-refractivity contribution < 1.29 is 0 Å². The van der Waals surface area contributed by atoms with Crippen LogP contribution in [-0.2, 0) is 0 Å². The van der Waals surface area contributed by atoms with Gasteiger partial charge in [0.1, 0.15) is 0 Å². The van der Waals surface area contributed by atoms with Gasteiger partial charge in [-0.15, -0.1) is 11.3 Å². The lowest BCUT2D eigenvalue weighted by atomic mass is 9.87. The molecule has 0 saturated heterocycles. The number of hydrogen-bond donors (Lipinski definition) is 1. The molecule has 7 aromatic carbocycles. The first-order valence-corrected chi connectivity index (χ1v) is 17.3. The lowest BCUT2D eigenvalue weighted by Gasteiger charge is -2.30. The largest absolute Gasteiger partial charge is 0.354 e. The molecule has 0 fully saturated rings. The van der Waals surface area contributed by atoms with Crippen LogP contribution >= 0.6 is 11.3 Å². The predicted molar refractivity (Wildman–Crippen MR) is 208 cm³/mol. The Kier molecular flexibility index (Phi) is 6.15. The smallest absolute Gasteiger partial charge is 0.0712 e. The second-order valence-corrected chi connectivity index (χ2v) is 13.7. The molecule has 2 nitrogen and oxygen atoms in total. The molecule has 10 rings (SSSR count). The van der Waals surface area contributed by atoms with E-state index in [-0.39, 0.29) is 6.04 Å². The van der Waals surface area contributed by atoms with E-state index < -0.39 is 0 Å². The molecule has 1 aliphatic heterocycles. The quantitative estimate of drug-likeness (QED) is 0.208. The summed E-state index contributed by atoms with van der Waals surface area (Å²) < 4.78 is 2.64. The lowest BCUT2D eigenvalue weighted by Crippen LogP contribution is -2.27. The van der Waals surface area contributed by atoms with Gasteiger partial charge in [0.05, 0.1) is 11.7 Å². The first-order chi connectivity index (χ1) is 23.8. The fourth-order valence-corrected chi connectivity index (χ4v) is 8.66. The van der Waals surface area contributed by atoms with Crippen LogP contribution in [0.15, 0.2) is 170 Å². The number of allylic oxidation sites excluding steroid dienone is 4. The van der Waals surface area contributed by atoms with E-state index in [1.165, 1.54) is 81.0 Å². The average molecular weight is 631 g/mol. The van der Waals surface area contributed by atoms with Crippen LogP contribution in [0.5, 0.6) is 0 Å². The molecule has 2 aliphatic rings. The Bertz CT molecular complexity index is 2640. The Morgan fingerprint density at radius 2 is 1.25 bits per heavy atom. The summed E-state index contributed by atoms with van der Waals surface area (Å²) >= 11 is 1.86. The molecule has 1 aromatic heterocycles. The van der Waals surface area contributed by atoms with Crippen LogP contribution in [0.4, 0.5) is 22.7 Å². The third kappa shape index (κ3) is 4.32. The van der Waals surface area contributed by atoms with Crippen LogP contribution in [0.2, 0.25) is 0 Å². The number of hydrogen-bond acceptors (Lipinski definition) is 3. The highest BCUT2D eigenvalue weighted by Gasteiger charge is 2.22. The molecule has 1 aliphatic carbocycles. The van der Waals surface area contributed by atoms with E-state index >= 15 is 0 Å². The number of thiophene rings is 1. The molecule has 226 valence electrons. The minimum Gasteiger partial charge on any atom is -0.354 e. The Labute approximate surface area is 283 Å². The number of fused-ring (bicyclic) bond motifs is 7. The van der Waals surface area contributed by atoms with Crippen molar-refractivity contribution in [3.8, 4) is 22.3 Å². The Morgan fingerprint density at radius 1 is 0.500 bits per heavy atom. The highest BCUT2D eigenvalue weighted by Crippen LogP contribution is 2.48. The Morgan fingerprint density at radius 3 is 2.12 bits per heavy atom. The van der Waals surface area contributed by atoms with Gasteiger partial charge in [-0.2, -0.15) is 0 Å². The zero-order valence-corrected chi connectivity index (χ0v) is 26.9.